The molecule has 4 N–H and O–H groups in total. The summed E-state index contributed by atoms with van der Waals surface area (Å²) in [5.41, 5.74) is 0. The van der Waals surface area contributed by atoms with Gasteiger partial charge in [0, 0.05) is 25.8 Å². The van der Waals surface area contributed by atoms with Crippen molar-refractivity contribution in [2.24, 2.45) is 5.92 Å². The van der Waals surface area contributed by atoms with E-state index in [-0.39, 0.29) is 43.0 Å². The van der Waals surface area contributed by atoms with E-state index in [2.05, 4.69) is 26.1 Å². The summed E-state index contributed by atoms with van der Waals surface area (Å²) in [4.78, 5) is 36.1. The number of hydrogen-bond donors (Lipinski definition) is 4. The molecule has 1 aliphatic rings. The minimum absolute atomic E-state index is 0.0294. The molecular weight excluding hydrogens is 797 g/mol. The largest absolute Gasteiger partial charge is 0.481 e. The van der Waals surface area contributed by atoms with Crippen LogP contribution >= 0.6 is 0 Å². The smallest absolute Gasteiger partial charge is 0.303 e. The lowest BCUT2D eigenvalue weighted by Crippen LogP contribution is -2.41. The first-order chi connectivity index (χ1) is 31.2. The lowest BCUT2D eigenvalue weighted by molar-refractivity contribution is -0.137. The van der Waals surface area contributed by atoms with Gasteiger partial charge < -0.3 is 25.5 Å². The van der Waals surface area contributed by atoms with E-state index >= 15 is 0 Å². The summed E-state index contributed by atoms with van der Waals surface area (Å²) in [7, 11) is 0. The van der Waals surface area contributed by atoms with Gasteiger partial charge in [-0.1, -0.05) is 253 Å². The normalized spacial score (nSPS) is 13.9. The molecule has 0 aromatic heterocycles. The Morgan fingerprint density at radius 3 is 1.09 bits per heavy atom. The number of carbonyl (C=O) groups is 3. The van der Waals surface area contributed by atoms with Gasteiger partial charge in [0.05, 0.1) is 25.3 Å². The molecule has 0 aliphatic carbocycles. The third-order valence-corrected chi connectivity index (χ3v) is 13.3. The molecule has 64 heavy (non-hydrogen) atoms. The molecule has 8 heteroatoms. The summed E-state index contributed by atoms with van der Waals surface area (Å²) < 4.78 is 0. The predicted octanol–water partition coefficient (Wildman–Crippen LogP) is 15.8. The van der Waals surface area contributed by atoms with Crippen LogP contribution in [0.4, 0.5) is 0 Å². The lowest BCUT2D eigenvalue weighted by Gasteiger charge is -2.22. The SMILES string of the molecule is CCCCCCCCCCCCCC(=O)N[C@@H](CO)C(C)C.CCCCCCCCCCCCCCCC(=O)N1CCC[C@H]1CO.CCCCCCCCCCCCCCCC(=O)O. The average molecular weight is 910 g/mol. The van der Waals surface area contributed by atoms with Crippen LogP contribution in [0.2, 0.25) is 0 Å². The fourth-order valence-corrected chi connectivity index (χ4v) is 8.74. The fraction of sp³-hybridized carbons (Fsp3) is 0.946. The summed E-state index contributed by atoms with van der Waals surface area (Å²) >= 11 is 0. The van der Waals surface area contributed by atoms with Crippen molar-refractivity contribution in [3.63, 3.8) is 0 Å². The van der Waals surface area contributed by atoms with Crippen LogP contribution in [0.15, 0.2) is 0 Å². The summed E-state index contributed by atoms with van der Waals surface area (Å²) in [6.07, 6.45) is 52.2. The van der Waals surface area contributed by atoms with Crippen molar-refractivity contribution in [1.82, 2.24) is 10.2 Å². The van der Waals surface area contributed by atoms with Crippen molar-refractivity contribution in [2.75, 3.05) is 19.8 Å². The zero-order valence-corrected chi connectivity index (χ0v) is 43.6. The van der Waals surface area contributed by atoms with E-state index in [1.54, 1.807) is 0 Å². The predicted molar refractivity (Wildman–Crippen MR) is 275 cm³/mol. The van der Waals surface area contributed by atoms with Gasteiger partial charge in [-0.3, -0.25) is 14.4 Å². The van der Waals surface area contributed by atoms with Gasteiger partial charge in [0.2, 0.25) is 11.8 Å². The molecule has 382 valence electrons. The van der Waals surface area contributed by atoms with Crippen LogP contribution in [0.1, 0.15) is 304 Å². The first-order valence-corrected chi connectivity index (χ1v) is 28.2. The molecule has 8 nitrogen and oxygen atoms in total. The average Bonchev–Trinajstić information content (AvgIpc) is 3.77. The van der Waals surface area contributed by atoms with E-state index < -0.39 is 5.97 Å². The second-order valence-corrected chi connectivity index (χ2v) is 19.8. The summed E-state index contributed by atoms with van der Waals surface area (Å²) in [5, 5.41) is 29.9. The van der Waals surface area contributed by atoms with E-state index in [0.717, 1.165) is 51.5 Å². The number of hydrogen-bond acceptors (Lipinski definition) is 5. The summed E-state index contributed by atoms with van der Waals surface area (Å²) in [6.45, 7) is 11.8. The van der Waals surface area contributed by atoms with Crippen molar-refractivity contribution in [3.8, 4) is 0 Å². The molecule has 0 aromatic rings. The third-order valence-electron chi connectivity index (χ3n) is 13.3. The molecule has 2 amide bonds. The van der Waals surface area contributed by atoms with Crippen LogP contribution in [0, 0.1) is 5.92 Å². The quantitative estimate of drug-likeness (QED) is 0.0451. The van der Waals surface area contributed by atoms with E-state index in [4.69, 9.17) is 5.11 Å². The number of rotatable bonds is 44. The Bertz CT molecular complexity index is 977. The van der Waals surface area contributed by atoms with E-state index in [1.165, 1.54) is 205 Å². The maximum absolute atomic E-state index is 12.1. The van der Waals surface area contributed by atoms with Gasteiger partial charge in [0.1, 0.15) is 0 Å². The fourth-order valence-electron chi connectivity index (χ4n) is 8.74. The second-order valence-electron chi connectivity index (χ2n) is 19.8. The minimum Gasteiger partial charge on any atom is -0.481 e. The number of aliphatic carboxylic acids is 1. The highest BCUT2D eigenvalue weighted by Gasteiger charge is 2.27. The molecule has 0 spiro atoms. The molecule has 0 bridgehead atoms. The van der Waals surface area contributed by atoms with Crippen molar-refractivity contribution < 1.29 is 29.7 Å². The van der Waals surface area contributed by atoms with E-state index in [9.17, 15) is 24.6 Å². The number of carboxylic acids is 1. The second kappa shape index (κ2) is 52.3. The van der Waals surface area contributed by atoms with Gasteiger partial charge in [0.25, 0.3) is 0 Å². The topological polar surface area (TPSA) is 127 Å². The number of nitrogens with zero attached hydrogens (tertiary/aromatic N) is 1. The third kappa shape index (κ3) is 46.8. The summed E-state index contributed by atoms with van der Waals surface area (Å²) in [6, 6.07) is -0.000296. The Balaban J connectivity index is 0. The number of likely N-dealkylation sites (tertiary alicyclic amines) is 1. The van der Waals surface area contributed by atoms with Crippen LogP contribution in [0.3, 0.4) is 0 Å². The molecule has 1 fully saturated rings. The van der Waals surface area contributed by atoms with Crippen LogP contribution in [-0.2, 0) is 14.4 Å². The molecule has 1 rings (SSSR count). The Hall–Kier alpha value is -1.67. The standard InChI is InChI=1S/C21H41NO2.C19H39NO2.C16H32O2/c1-2-3-4-5-6-7-8-9-10-11-12-13-14-17-21(24)22-18-15-16-20(22)19-23;1-4-5-6-7-8-9-10-11-12-13-14-15-19(22)20-18(16-21)17(2)3;1-2-3-4-5-6-7-8-9-10-11-12-13-14-15-16(17)18/h20,23H,2-19H2,1H3;17-18,21H,4-16H2,1-3H3,(H,20,22);2-15H2,1H3,(H,17,18)/t20-;18-;/m00./s1. The number of unbranched alkanes of at least 4 members (excludes halogenated alkanes) is 34. The Morgan fingerprint density at radius 2 is 0.797 bits per heavy atom. The van der Waals surface area contributed by atoms with Crippen molar-refractivity contribution in [2.45, 2.75) is 316 Å². The Morgan fingerprint density at radius 1 is 0.484 bits per heavy atom. The van der Waals surface area contributed by atoms with Crippen LogP contribution in [0.5, 0.6) is 0 Å². The zero-order valence-electron chi connectivity index (χ0n) is 43.6. The van der Waals surface area contributed by atoms with Crippen molar-refractivity contribution in [3.05, 3.63) is 0 Å². The molecule has 0 aromatic carbocycles. The zero-order chi connectivity index (χ0) is 47.6. The van der Waals surface area contributed by atoms with Gasteiger partial charge in [-0.05, 0) is 38.0 Å². The van der Waals surface area contributed by atoms with Crippen molar-refractivity contribution >= 4 is 17.8 Å². The first-order valence-electron chi connectivity index (χ1n) is 28.2. The highest BCUT2D eigenvalue weighted by atomic mass is 16.4. The molecule has 2 atom stereocenters. The van der Waals surface area contributed by atoms with Gasteiger partial charge in [-0.15, -0.1) is 0 Å². The Kier molecular flexibility index (Phi) is 52.6. The highest BCUT2D eigenvalue weighted by Crippen LogP contribution is 2.20. The molecular formula is C56H112N2O6. The number of nitrogens with one attached hydrogen (secondary N) is 1. The van der Waals surface area contributed by atoms with E-state index in [1.807, 2.05) is 18.7 Å². The number of amides is 2. The number of aliphatic hydroxyl groups excluding tert-OH is 2. The van der Waals surface area contributed by atoms with Gasteiger partial charge in [-0.25, -0.2) is 0 Å². The van der Waals surface area contributed by atoms with Crippen LogP contribution < -0.4 is 5.32 Å². The maximum Gasteiger partial charge on any atom is 0.303 e. The number of aliphatic hydroxyl groups is 2. The molecule has 1 aliphatic heterocycles. The van der Waals surface area contributed by atoms with Crippen molar-refractivity contribution in [1.29, 1.82) is 0 Å². The maximum atomic E-state index is 12.1. The van der Waals surface area contributed by atoms with Gasteiger partial charge in [0.15, 0.2) is 0 Å². The monoisotopic (exact) mass is 909 g/mol. The van der Waals surface area contributed by atoms with Gasteiger partial charge >= 0.3 is 5.97 Å². The molecule has 0 radical (unpaired) electrons. The van der Waals surface area contributed by atoms with Crippen LogP contribution in [-0.4, -0.2) is 69.8 Å². The van der Waals surface area contributed by atoms with Gasteiger partial charge in [-0.2, -0.15) is 0 Å². The molecule has 0 unspecified atom stereocenters. The number of carbonyl (C=O) groups excluding carboxylic acids is 2. The summed E-state index contributed by atoms with van der Waals surface area (Å²) in [5.74, 6) is -0.0253. The molecule has 0 saturated carbocycles. The highest BCUT2D eigenvalue weighted by molar-refractivity contribution is 5.77. The minimum atomic E-state index is -0.655. The van der Waals surface area contributed by atoms with E-state index in [0.29, 0.717) is 19.3 Å². The first kappa shape index (κ1) is 64.4. The lowest BCUT2D eigenvalue weighted by atomic mass is 10.0. The Labute approximate surface area is 398 Å². The molecule has 1 heterocycles. The van der Waals surface area contributed by atoms with Crippen LogP contribution in [0.25, 0.3) is 0 Å². The molecule has 1 saturated heterocycles. The number of carboxylic acid groups (broad SMARTS) is 1.